The monoisotopic (exact) mass is 225 g/mol. The van der Waals surface area contributed by atoms with Gasteiger partial charge in [-0.25, -0.2) is 0 Å². The van der Waals surface area contributed by atoms with Crippen LogP contribution in [0.4, 0.5) is 0 Å². The Hall–Kier alpha value is -0.610. The number of rotatable bonds is 2. The molecular weight excluding hydrogens is 202 g/mol. The Labute approximate surface area is 97.8 Å². The van der Waals surface area contributed by atoms with Crippen molar-refractivity contribution in [2.24, 2.45) is 11.7 Å². The van der Waals surface area contributed by atoms with Crippen LogP contribution in [0.3, 0.4) is 0 Å². The van der Waals surface area contributed by atoms with Gasteiger partial charge in [-0.15, -0.1) is 0 Å². The van der Waals surface area contributed by atoms with E-state index in [9.17, 15) is 4.79 Å². The zero-order valence-electron chi connectivity index (χ0n) is 10.2. The fraction of sp³-hybridized carbons (Fsp3) is 0.917. The fourth-order valence-electron chi connectivity index (χ4n) is 2.73. The van der Waals surface area contributed by atoms with Crippen LogP contribution in [0.5, 0.6) is 0 Å². The van der Waals surface area contributed by atoms with Crippen LogP contribution in [0.1, 0.15) is 25.7 Å². The van der Waals surface area contributed by atoms with E-state index in [1.54, 1.807) is 0 Å². The number of nitrogens with two attached hydrogens (primary N) is 1. The Morgan fingerprint density at radius 2 is 1.94 bits per heavy atom. The number of likely N-dealkylation sites (N-methyl/N-ethyl adjacent to an activating group) is 1. The molecule has 0 radical (unpaired) electrons. The van der Waals surface area contributed by atoms with Crippen molar-refractivity contribution in [3.8, 4) is 0 Å². The van der Waals surface area contributed by atoms with Crippen LogP contribution in [0.15, 0.2) is 0 Å². The first-order valence-corrected chi connectivity index (χ1v) is 6.38. The average Bonchev–Trinajstić information content (AvgIpc) is 2.65. The van der Waals surface area contributed by atoms with E-state index in [1.807, 2.05) is 4.90 Å². The molecule has 1 aliphatic heterocycles. The van der Waals surface area contributed by atoms with Crippen LogP contribution in [0.2, 0.25) is 0 Å². The molecule has 92 valence electrons. The smallest absolute Gasteiger partial charge is 0.222 e. The molecule has 4 nitrogen and oxygen atoms in total. The molecule has 0 bridgehead atoms. The molecule has 4 heteroatoms. The SMILES string of the molecule is CN1CCN(C(=O)C[C@@H]2CCC[C@H]2N)CC1. The summed E-state index contributed by atoms with van der Waals surface area (Å²) in [4.78, 5) is 16.3. The largest absolute Gasteiger partial charge is 0.340 e. The lowest BCUT2D eigenvalue weighted by Gasteiger charge is -2.33. The summed E-state index contributed by atoms with van der Waals surface area (Å²) in [5.41, 5.74) is 6.00. The Balaban J connectivity index is 1.79. The summed E-state index contributed by atoms with van der Waals surface area (Å²) in [7, 11) is 2.11. The molecule has 2 aliphatic rings. The van der Waals surface area contributed by atoms with Gasteiger partial charge in [0.25, 0.3) is 0 Å². The number of amides is 1. The summed E-state index contributed by atoms with van der Waals surface area (Å²) in [6.07, 6.45) is 4.11. The predicted octanol–water partition coefficient (Wildman–Crippen LogP) is 0.278. The van der Waals surface area contributed by atoms with Crippen molar-refractivity contribution in [1.29, 1.82) is 0 Å². The number of carbonyl (C=O) groups excluding carboxylic acids is 1. The van der Waals surface area contributed by atoms with Crippen LogP contribution >= 0.6 is 0 Å². The first-order valence-electron chi connectivity index (χ1n) is 6.38. The van der Waals surface area contributed by atoms with Crippen LogP contribution in [-0.2, 0) is 4.79 Å². The van der Waals surface area contributed by atoms with E-state index in [0.717, 1.165) is 39.0 Å². The molecule has 2 fully saturated rings. The molecule has 1 heterocycles. The minimum absolute atomic E-state index is 0.261. The normalized spacial score (nSPS) is 32.0. The molecule has 2 atom stereocenters. The van der Waals surface area contributed by atoms with Gasteiger partial charge in [0.1, 0.15) is 0 Å². The van der Waals surface area contributed by atoms with Crippen molar-refractivity contribution >= 4 is 5.91 Å². The van der Waals surface area contributed by atoms with E-state index in [0.29, 0.717) is 18.2 Å². The van der Waals surface area contributed by atoms with E-state index in [2.05, 4.69) is 11.9 Å². The second kappa shape index (κ2) is 5.15. The standard InChI is InChI=1S/C12H23N3O/c1-14-5-7-15(8-6-14)12(16)9-10-3-2-4-11(10)13/h10-11H,2-9,13H2,1H3/t10-,11+/m0/s1. The van der Waals surface area contributed by atoms with Gasteiger partial charge in [0.15, 0.2) is 0 Å². The molecule has 0 unspecified atom stereocenters. The molecule has 0 spiro atoms. The molecule has 0 aromatic carbocycles. The highest BCUT2D eigenvalue weighted by Gasteiger charge is 2.28. The third-order valence-electron chi connectivity index (χ3n) is 4.01. The first-order chi connectivity index (χ1) is 7.66. The maximum Gasteiger partial charge on any atom is 0.222 e. The Morgan fingerprint density at radius 3 is 2.50 bits per heavy atom. The van der Waals surface area contributed by atoms with Gasteiger partial charge in [0, 0.05) is 38.6 Å². The molecule has 0 aromatic heterocycles. The maximum atomic E-state index is 12.1. The highest BCUT2D eigenvalue weighted by atomic mass is 16.2. The number of carbonyl (C=O) groups is 1. The van der Waals surface area contributed by atoms with Crippen LogP contribution in [0, 0.1) is 5.92 Å². The molecule has 16 heavy (non-hydrogen) atoms. The lowest BCUT2D eigenvalue weighted by Crippen LogP contribution is -2.47. The molecule has 1 saturated carbocycles. The second-order valence-electron chi connectivity index (χ2n) is 5.24. The molecule has 1 saturated heterocycles. The van der Waals surface area contributed by atoms with Crippen molar-refractivity contribution in [2.45, 2.75) is 31.7 Å². The zero-order valence-corrected chi connectivity index (χ0v) is 10.2. The van der Waals surface area contributed by atoms with Gasteiger partial charge >= 0.3 is 0 Å². The van der Waals surface area contributed by atoms with Gasteiger partial charge < -0.3 is 15.5 Å². The third-order valence-corrected chi connectivity index (χ3v) is 4.01. The Bertz CT molecular complexity index is 249. The lowest BCUT2D eigenvalue weighted by molar-refractivity contribution is -0.133. The second-order valence-corrected chi connectivity index (χ2v) is 5.24. The predicted molar refractivity (Wildman–Crippen MR) is 64.0 cm³/mol. The topological polar surface area (TPSA) is 49.6 Å². The van der Waals surface area contributed by atoms with Gasteiger partial charge in [-0.2, -0.15) is 0 Å². The molecule has 0 aromatic rings. The van der Waals surface area contributed by atoms with Gasteiger partial charge in [0.05, 0.1) is 0 Å². The maximum absolute atomic E-state index is 12.1. The number of piperazine rings is 1. The highest BCUT2D eigenvalue weighted by molar-refractivity contribution is 5.76. The minimum Gasteiger partial charge on any atom is -0.340 e. The summed E-state index contributed by atoms with van der Waals surface area (Å²) in [6.45, 7) is 3.78. The van der Waals surface area contributed by atoms with Crippen molar-refractivity contribution in [1.82, 2.24) is 9.80 Å². The Morgan fingerprint density at radius 1 is 1.25 bits per heavy atom. The molecule has 1 amide bonds. The van der Waals surface area contributed by atoms with E-state index >= 15 is 0 Å². The van der Waals surface area contributed by atoms with Crippen LogP contribution < -0.4 is 5.73 Å². The molecule has 2 N–H and O–H groups in total. The van der Waals surface area contributed by atoms with E-state index in [-0.39, 0.29) is 6.04 Å². The van der Waals surface area contributed by atoms with Gasteiger partial charge in [-0.3, -0.25) is 4.79 Å². The molecule has 1 aliphatic carbocycles. The third kappa shape index (κ3) is 2.74. The van der Waals surface area contributed by atoms with Crippen molar-refractivity contribution in [2.75, 3.05) is 33.2 Å². The van der Waals surface area contributed by atoms with Gasteiger partial charge in [-0.05, 0) is 25.8 Å². The van der Waals surface area contributed by atoms with E-state index < -0.39 is 0 Å². The van der Waals surface area contributed by atoms with E-state index in [1.165, 1.54) is 6.42 Å². The first kappa shape index (κ1) is 11.9. The summed E-state index contributed by atoms with van der Waals surface area (Å²) >= 11 is 0. The number of hydrogen-bond acceptors (Lipinski definition) is 3. The summed E-state index contributed by atoms with van der Waals surface area (Å²) in [5, 5.41) is 0. The van der Waals surface area contributed by atoms with Gasteiger partial charge in [0.2, 0.25) is 5.91 Å². The van der Waals surface area contributed by atoms with Crippen LogP contribution in [-0.4, -0.2) is 55.0 Å². The zero-order chi connectivity index (χ0) is 11.5. The van der Waals surface area contributed by atoms with E-state index in [4.69, 9.17) is 5.73 Å². The fourth-order valence-corrected chi connectivity index (χ4v) is 2.73. The molecule has 2 rings (SSSR count). The lowest BCUT2D eigenvalue weighted by atomic mass is 9.99. The summed E-state index contributed by atoms with van der Waals surface area (Å²) < 4.78 is 0. The van der Waals surface area contributed by atoms with Crippen molar-refractivity contribution < 1.29 is 4.79 Å². The Kier molecular flexibility index (Phi) is 3.82. The number of nitrogens with zero attached hydrogens (tertiary/aromatic N) is 2. The van der Waals surface area contributed by atoms with Crippen molar-refractivity contribution in [3.05, 3.63) is 0 Å². The average molecular weight is 225 g/mol. The van der Waals surface area contributed by atoms with Crippen molar-refractivity contribution in [3.63, 3.8) is 0 Å². The molecular formula is C12H23N3O. The minimum atomic E-state index is 0.261. The van der Waals surface area contributed by atoms with Gasteiger partial charge in [-0.1, -0.05) is 6.42 Å². The van der Waals surface area contributed by atoms with Crippen LogP contribution in [0.25, 0.3) is 0 Å². The highest BCUT2D eigenvalue weighted by Crippen LogP contribution is 2.27. The summed E-state index contributed by atoms with van der Waals surface area (Å²) in [5.74, 6) is 0.752. The summed E-state index contributed by atoms with van der Waals surface area (Å²) in [6, 6.07) is 0.261. The quantitative estimate of drug-likeness (QED) is 0.734. The number of hydrogen-bond donors (Lipinski definition) is 1.